The molecule has 1 heterocycles. The van der Waals surface area contributed by atoms with Crippen molar-refractivity contribution in [2.75, 3.05) is 11.9 Å². The van der Waals surface area contributed by atoms with Crippen LogP contribution in [-0.4, -0.2) is 22.5 Å². The minimum atomic E-state index is -0.744. The molecule has 4 nitrogen and oxygen atoms in total. The summed E-state index contributed by atoms with van der Waals surface area (Å²) in [6.07, 6.45) is 3.48. The van der Waals surface area contributed by atoms with Gasteiger partial charge in [-0.05, 0) is 44.2 Å². The Balaban J connectivity index is 2.18. The fourth-order valence-electron chi connectivity index (χ4n) is 2.02. The van der Waals surface area contributed by atoms with Gasteiger partial charge >= 0.3 is 5.97 Å². The molecule has 1 unspecified atom stereocenters. The number of carbonyl (C=O) groups excluding carboxylic acids is 1. The second kappa shape index (κ2) is 8.93. The minimum Gasteiger partial charge on any atom is -0.461 e. The van der Waals surface area contributed by atoms with Gasteiger partial charge in [0, 0.05) is 11.9 Å². The van der Waals surface area contributed by atoms with Crippen molar-refractivity contribution in [3.05, 3.63) is 72.1 Å². The largest absolute Gasteiger partial charge is 0.461 e. The SMILES string of the molecule is CC(C)=CCOC(=O)C(C(=S)Nc1ccccc1)c1ccccn1. The molecule has 0 fully saturated rings. The zero-order valence-corrected chi connectivity index (χ0v) is 14.5. The standard InChI is InChI=1S/C19H20N2O2S/c1-14(2)11-13-23-19(22)17(16-10-6-7-12-20-16)18(24)21-15-8-4-3-5-9-15/h3-12,17H,13H2,1-2H3,(H,21,24). The van der Waals surface area contributed by atoms with Crippen molar-refractivity contribution in [1.82, 2.24) is 4.98 Å². The topological polar surface area (TPSA) is 51.2 Å². The highest BCUT2D eigenvalue weighted by atomic mass is 32.1. The van der Waals surface area contributed by atoms with Crippen LogP contribution in [0, 0.1) is 0 Å². The van der Waals surface area contributed by atoms with Crippen LogP contribution in [-0.2, 0) is 9.53 Å². The number of hydrogen-bond acceptors (Lipinski definition) is 4. The van der Waals surface area contributed by atoms with E-state index in [1.807, 2.05) is 56.3 Å². The highest BCUT2D eigenvalue weighted by Crippen LogP contribution is 2.19. The molecule has 0 amide bonds. The number of anilines is 1. The van der Waals surface area contributed by atoms with Gasteiger partial charge < -0.3 is 10.1 Å². The van der Waals surface area contributed by atoms with E-state index in [-0.39, 0.29) is 6.61 Å². The van der Waals surface area contributed by atoms with Crippen molar-refractivity contribution in [2.24, 2.45) is 0 Å². The van der Waals surface area contributed by atoms with E-state index in [1.54, 1.807) is 18.3 Å². The van der Waals surface area contributed by atoms with Gasteiger partial charge in [-0.2, -0.15) is 0 Å². The van der Waals surface area contributed by atoms with Crippen LogP contribution in [0.5, 0.6) is 0 Å². The van der Waals surface area contributed by atoms with Crippen molar-refractivity contribution in [2.45, 2.75) is 19.8 Å². The van der Waals surface area contributed by atoms with Crippen LogP contribution < -0.4 is 5.32 Å². The first-order chi connectivity index (χ1) is 11.6. The number of esters is 1. The van der Waals surface area contributed by atoms with E-state index >= 15 is 0 Å². The average molecular weight is 340 g/mol. The Labute approximate surface area is 147 Å². The molecule has 1 N–H and O–H groups in total. The molecule has 24 heavy (non-hydrogen) atoms. The average Bonchev–Trinajstić information content (AvgIpc) is 2.56. The third kappa shape index (κ3) is 5.28. The minimum absolute atomic E-state index is 0.221. The van der Waals surface area contributed by atoms with Gasteiger partial charge in [-0.3, -0.25) is 9.78 Å². The predicted molar refractivity (Wildman–Crippen MR) is 100 cm³/mol. The Kier molecular flexibility index (Phi) is 6.63. The number of para-hydroxylation sites is 1. The third-order valence-electron chi connectivity index (χ3n) is 3.24. The highest BCUT2D eigenvalue weighted by molar-refractivity contribution is 7.80. The van der Waals surface area contributed by atoms with Crippen molar-refractivity contribution in [3.63, 3.8) is 0 Å². The Morgan fingerprint density at radius 2 is 1.92 bits per heavy atom. The summed E-state index contributed by atoms with van der Waals surface area (Å²) in [5.41, 5.74) is 2.47. The lowest BCUT2D eigenvalue weighted by atomic mass is 10.0. The summed E-state index contributed by atoms with van der Waals surface area (Å²) in [7, 11) is 0. The van der Waals surface area contributed by atoms with Crippen LogP contribution in [0.1, 0.15) is 25.5 Å². The molecule has 1 aromatic heterocycles. The van der Waals surface area contributed by atoms with Crippen LogP contribution in [0.15, 0.2) is 66.4 Å². The number of aromatic nitrogens is 1. The summed E-state index contributed by atoms with van der Waals surface area (Å²) >= 11 is 5.45. The van der Waals surface area contributed by atoms with Gasteiger partial charge in [-0.25, -0.2) is 0 Å². The van der Waals surface area contributed by atoms with E-state index in [4.69, 9.17) is 17.0 Å². The summed E-state index contributed by atoms with van der Waals surface area (Å²) in [4.78, 5) is 17.2. The van der Waals surface area contributed by atoms with Gasteiger partial charge in [0.25, 0.3) is 0 Å². The summed E-state index contributed by atoms with van der Waals surface area (Å²) in [6.45, 7) is 4.12. The van der Waals surface area contributed by atoms with Crippen LogP contribution >= 0.6 is 12.2 Å². The molecular formula is C19H20N2O2S. The van der Waals surface area contributed by atoms with Crippen LogP contribution in [0.2, 0.25) is 0 Å². The van der Waals surface area contributed by atoms with E-state index in [0.717, 1.165) is 11.3 Å². The summed E-state index contributed by atoms with van der Waals surface area (Å²) < 4.78 is 5.35. The number of carbonyl (C=O) groups is 1. The fraction of sp³-hybridized carbons (Fsp3) is 0.211. The third-order valence-corrected chi connectivity index (χ3v) is 3.58. The van der Waals surface area contributed by atoms with Crippen molar-refractivity contribution < 1.29 is 9.53 Å². The van der Waals surface area contributed by atoms with Gasteiger partial charge in [-0.15, -0.1) is 0 Å². The maximum absolute atomic E-state index is 12.5. The number of ether oxygens (including phenoxy) is 1. The molecule has 1 atom stereocenters. The molecule has 0 spiro atoms. The van der Waals surface area contributed by atoms with Gasteiger partial charge in [0.2, 0.25) is 0 Å². The number of rotatable bonds is 6. The van der Waals surface area contributed by atoms with Gasteiger partial charge in [0.05, 0.1) is 5.69 Å². The number of nitrogens with zero attached hydrogens (tertiary/aromatic N) is 1. The van der Waals surface area contributed by atoms with Crippen molar-refractivity contribution in [1.29, 1.82) is 0 Å². The molecule has 0 aliphatic rings. The quantitative estimate of drug-likeness (QED) is 0.487. The number of pyridine rings is 1. The van der Waals surface area contributed by atoms with Crippen molar-refractivity contribution in [3.8, 4) is 0 Å². The number of benzene rings is 1. The normalized spacial score (nSPS) is 11.2. The Morgan fingerprint density at radius 3 is 2.54 bits per heavy atom. The molecule has 5 heteroatoms. The molecule has 2 rings (SSSR count). The molecule has 1 aromatic carbocycles. The van der Waals surface area contributed by atoms with E-state index in [0.29, 0.717) is 10.7 Å². The number of hydrogen-bond donors (Lipinski definition) is 1. The predicted octanol–water partition coefficient (Wildman–Crippen LogP) is 4.11. The first-order valence-corrected chi connectivity index (χ1v) is 8.05. The van der Waals surface area contributed by atoms with Gasteiger partial charge in [0.1, 0.15) is 17.5 Å². The monoisotopic (exact) mass is 340 g/mol. The Bertz CT molecular complexity index is 711. The van der Waals surface area contributed by atoms with Crippen LogP contribution in [0.3, 0.4) is 0 Å². The smallest absolute Gasteiger partial charge is 0.322 e. The lowest BCUT2D eigenvalue weighted by Crippen LogP contribution is -2.28. The van der Waals surface area contributed by atoms with Gasteiger partial charge in [-0.1, -0.05) is 42.1 Å². The summed E-state index contributed by atoms with van der Waals surface area (Å²) in [6, 6.07) is 14.9. The number of allylic oxidation sites excluding steroid dienone is 1. The van der Waals surface area contributed by atoms with Crippen LogP contribution in [0.4, 0.5) is 5.69 Å². The maximum Gasteiger partial charge on any atom is 0.322 e. The molecule has 0 bridgehead atoms. The Hall–Kier alpha value is -2.53. The molecule has 0 aliphatic carbocycles. The fourth-order valence-corrected chi connectivity index (χ4v) is 2.35. The van der Waals surface area contributed by atoms with Gasteiger partial charge in [0.15, 0.2) is 0 Å². The molecule has 0 aliphatic heterocycles. The first-order valence-electron chi connectivity index (χ1n) is 7.65. The van der Waals surface area contributed by atoms with Crippen LogP contribution in [0.25, 0.3) is 0 Å². The van der Waals surface area contributed by atoms with E-state index in [9.17, 15) is 4.79 Å². The number of thiocarbonyl (C=S) groups is 1. The molecule has 0 saturated carbocycles. The second-order valence-corrected chi connectivity index (χ2v) is 5.89. The summed E-state index contributed by atoms with van der Waals surface area (Å²) in [5, 5.41) is 3.10. The van der Waals surface area contributed by atoms with Crippen molar-refractivity contribution >= 4 is 28.9 Å². The molecular weight excluding hydrogens is 320 g/mol. The Morgan fingerprint density at radius 1 is 1.21 bits per heavy atom. The summed E-state index contributed by atoms with van der Waals surface area (Å²) in [5.74, 6) is -1.16. The zero-order valence-electron chi connectivity index (χ0n) is 13.7. The second-order valence-electron chi connectivity index (χ2n) is 5.45. The lowest BCUT2D eigenvalue weighted by molar-refractivity contribution is -0.142. The van der Waals surface area contributed by atoms with E-state index < -0.39 is 11.9 Å². The maximum atomic E-state index is 12.5. The van der Waals surface area contributed by atoms with E-state index in [1.165, 1.54) is 0 Å². The molecule has 124 valence electrons. The molecule has 0 saturated heterocycles. The first kappa shape index (κ1) is 17.8. The highest BCUT2D eigenvalue weighted by Gasteiger charge is 2.28. The van der Waals surface area contributed by atoms with E-state index in [2.05, 4.69) is 10.3 Å². The number of nitrogens with one attached hydrogen (secondary N) is 1. The molecule has 2 aromatic rings. The zero-order chi connectivity index (χ0) is 17.4. The lowest BCUT2D eigenvalue weighted by Gasteiger charge is -2.17. The molecule has 0 radical (unpaired) electrons.